The van der Waals surface area contributed by atoms with Gasteiger partial charge in [0.2, 0.25) is 11.8 Å². The second kappa shape index (κ2) is 9.26. The van der Waals surface area contributed by atoms with Crippen molar-refractivity contribution in [3.63, 3.8) is 0 Å². The third kappa shape index (κ3) is 5.26. The minimum Gasteiger partial charge on any atom is -0.550 e. The quantitative estimate of drug-likeness (QED) is 0.526. The van der Waals surface area contributed by atoms with Crippen LogP contribution in [0, 0.1) is 6.92 Å². The Morgan fingerprint density at radius 1 is 1.03 bits per heavy atom. The molecule has 3 rings (SSSR count). The summed E-state index contributed by atoms with van der Waals surface area (Å²) in [5.41, 5.74) is 3.50. The molecule has 1 heterocycles. The van der Waals surface area contributed by atoms with Crippen molar-refractivity contribution >= 4 is 28.7 Å². The van der Waals surface area contributed by atoms with Gasteiger partial charge in [0.15, 0.2) is 0 Å². The molecule has 7 heteroatoms. The second-order valence-corrected chi connectivity index (χ2v) is 7.36. The number of hydrogen-bond acceptors (Lipinski definition) is 4. The number of benzene rings is 2. The van der Waals surface area contributed by atoms with Crippen LogP contribution in [0.3, 0.4) is 0 Å². The standard InChI is InChI=1S/C23H25N3O4/c1-14-7-9-16(10-8-14)20(12-22(28)29)26-23(30)21(25-15(2)27)11-17-13-24-19-6-4-3-5-18(17)19/h3-10,13,20-21,24H,11-12H2,1-2H3,(H,25,27)(H,26,30)(H,28,29)/p-1/t20-,21+/m1/s1. The number of rotatable bonds is 8. The van der Waals surface area contributed by atoms with Crippen molar-refractivity contribution in [3.8, 4) is 0 Å². The smallest absolute Gasteiger partial charge is 0.243 e. The van der Waals surface area contributed by atoms with E-state index in [0.717, 1.165) is 22.0 Å². The van der Waals surface area contributed by atoms with Gasteiger partial charge in [-0.2, -0.15) is 0 Å². The highest BCUT2D eigenvalue weighted by Gasteiger charge is 2.24. The summed E-state index contributed by atoms with van der Waals surface area (Å²) in [5, 5.41) is 17.6. The molecule has 0 radical (unpaired) electrons. The molecule has 0 aliphatic carbocycles. The zero-order valence-electron chi connectivity index (χ0n) is 16.9. The van der Waals surface area contributed by atoms with Crippen molar-refractivity contribution in [3.05, 3.63) is 71.4 Å². The Kier molecular flexibility index (Phi) is 6.51. The lowest BCUT2D eigenvalue weighted by Crippen LogP contribution is -2.48. The van der Waals surface area contributed by atoms with Crippen LogP contribution in [-0.2, 0) is 20.8 Å². The molecular formula is C23H24N3O4-. The lowest BCUT2D eigenvalue weighted by Gasteiger charge is -2.24. The largest absolute Gasteiger partial charge is 0.550 e. The molecule has 1 aromatic heterocycles. The summed E-state index contributed by atoms with van der Waals surface area (Å²) in [6, 6.07) is 13.3. The highest BCUT2D eigenvalue weighted by Crippen LogP contribution is 2.21. The van der Waals surface area contributed by atoms with Gasteiger partial charge in [-0.05, 0) is 24.1 Å². The topological polar surface area (TPSA) is 114 Å². The van der Waals surface area contributed by atoms with Crippen molar-refractivity contribution in [1.29, 1.82) is 0 Å². The number of carbonyl (C=O) groups excluding carboxylic acids is 3. The van der Waals surface area contributed by atoms with Crippen LogP contribution in [0.25, 0.3) is 10.9 Å². The molecule has 0 fully saturated rings. The molecule has 0 saturated carbocycles. The van der Waals surface area contributed by atoms with Crippen LogP contribution < -0.4 is 15.7 Å². The first-order valence-electron chi connectivity index (χ1n) is 9.72. The molecule has 156 valence electrons. The van der Waals surface area contributed by atoms with Crippen LogP contribution in [0.15, 0.2) is 54.7 Å². The second-order valence-electron chi connectivity index (χ2n) is 7.36. The van der Waals surface area contributed by atoms with Crippen LogP contribution in [0.5, 0.6) is 0 Å². The molecule has 2 amide bonds. The lowest BCUT2D eigenvalue weighted by atomic mass is 10.00. The number of carbonyl (C=O) groups is 3. The zero-order valence-corrected chi connectivity index (χ0v) is 16.9. The van der Waals surface area contributed by atoms with E-state index in [1.165, 1.54) is 6.92 Å². The third-order valence-electron chi connectivity index (χ3n) is 4.96. The van der Waals surface area contributed by atoms with E-state index in [4.69, 9.17) is 0 Å². The maximum absolute atomic E-state index is 13.0. The van der Waals surface area contributed by atoms with Gasteiger partial charge in [-0.25, -0.2) is 0 Å². The Morgan fingerprint density at radius 3 is 2.40 bits per heavy atom. The number of nitrogens with one attached hydrogen (secondary N) is 3. The minimum absolute atomic E-state index is 0.265. The van der Waals surface area contributed by atoms with Gasteiger partial charge in [0.05, 0.1) is 6.04 Å². The summed E-state index contributed by atoms with van der Waals surface area (Å²) >= 11 is 0. The molecule has 0 spiro atoms. The molecule has 0 unspecified atom stereocenters. The molecule has 2 aromatic carbocycles. The summed E-state index contributed by atoms with van der Waals surface area (Å²) in [5.74, 6) is -2.07. The molecule has 0 aliphatic rings. The number of para-hydroxylation sites is 1. The first-order chi connectivity index (χ1) is 14.3. The van der Waals surface area contributed by atoms with Crippen molar-refractivity contribution < 1.29 is 19.5 Å². The molecular weight excluding hydrogens is 382 g/mol. The Balaban J connectivity index is 1.83. The van der Waals surface area contributed by atoms with Crippen molar-refractivity contribution in [2.45, 2.75) is 38.8 Å². The van der Waals surface area contributed by atoms with E-state index >= 15 is 0 Å². The zero-order chi connectivity index (χ0) is 21.7. The van der Waals surface area contributed by atoms with E-state index in [2.05, 4.69) is 15.6 Å². The number of carboxylic acids is 1. The van der Waals surface area contributed by atoms with Crippen LogP contribution in [0.2, 0.25) is 0 Å². The van der Waals surface area contributed by atoms with Gasteiger partial charge in [-0.3, -0.25) is 9.59 Å². The minimum atomic E-state index is -1.27. The summed E-state index contributed by atoms with van der Waals surface area (Å²) in [7, 11) is 0. The van der Waals surface area contributed by atoms with E-state index in [1.807, 2.05) is 49.5 Å². The number of aliphatic carboxylic acids is 1. The van der Waals surface area contributed by atoms with E-state index < -0.39 is 24.0 Å². The van der Waals surface area contributed by atoms with Gasteiger partial charge in [-0.15, -0.1) is 0 Å². The molecule has 2 atom stereocenters. The van der Waals surface area contributed by atoms with E-state index in [1.54, 1.807) is 12.1 Å². The summed E-state index contributed by atoms with van der Waals surface area (Å²) in [6.45, 7) is 3.26. The Bertz CT molecular complexity index is 1060. The van der Waals surface area contributed by atoms with E-state index in [-0.39, 0.29) is 18.7 Å². The number of aryl methyl sites for hydroxylation is 1. The number of hydrogen-bond donors (Lipinski definition) is 3. The highest BCUT2D eigenvalue weighted by molar-refractivity contribution is 5.89. The maximum Gasteiger partial charge on any atom is 0.243 e. The third-order valence-corrected chi connectivity index (χ3v) is 4.96. The fourth-order valence-electron chi connectivity index (χ4n) is 3.47. The molecule has 0 bridgehead atoms. The fourth-order valence-corrected chi connectivity index (χ4v) is 3.47. The highest BCUT2D eigenvalue weighted by atomic mass is 16.4. The molecule has 3 N–H and O–H groups in total. The van der Waals surface area contributed by atoms with Gasteiger partial charge >= 0.3 is 0 Å². The molecule has 0 aliphatic heterocycles. The number of fused-ring (bicyclic) bond motifs is 1. The summed E-state index contributed by atoms with van der Waals surface area (Å²) < 4.78 is 0. The number of aromatic amines is 1. The molecule has 3 aromatic rings. The Morgan fingerprint density at radius 2 is 1.73 bits per heavy atom. The van der Waals surface area contributed by atoms with Gasteiger partial charge in [0, 0.05) is 42.8 Å². The Hall–Kier alpha value is -3.61. The van der Waals surface area contributed by atoms with Crippen molar-refractivity contribution in [2.24, 2.45) is 0 Å². The van der Waals surface area contributed by atoms with Gasteiger partial charge < -0.3 is 25.5 Å². The average Bonchev–Trinajstić information content (AvgIpc) is 3.10. The normalized spacial score (nSPS) is 12.9. The number of aromatic nitrogens is 1. The van der Waals surface area contributed by atoms with Gasteiger partial charge in [0.1, 0.15) is 6.04 Å². The van der Waals surface area contributed by atoms with E-state index in [0.29, 0.717) is 5.56 Å². The predicted molar refractivity (Wildman–Crippen MR) is 111 cm³/mol. The average molecular weight is 406 g/mol. The van der Waals surface area contributed by atoms with Crippen molar-refractivity contribution in [2.75, 3.05) is 0 Å². The van der Waals surface area contributed by atoms with E-state index in [9.17, 15) is 19.5 Å². The fraction of sp³-hybridized carbons (Fsp3) is 0.261. The van der Waals surface area contributed by atoms with Crippen LogP contribution in [0.1, 0.15) is 36.1 Å². The summed E-state index contributed by atoms with van der Waals surface area (Å²) in [4.78, 5) is 39.1. The molecule has 0 saturated heterocycles. The molecule has 7 nitrogen and oxygen atoms in total. The SMILES string of the molecule is CC(=O)N[C@@H](Cc1c[nH]c2ccccc12)C(=O)N[C@H](CC(=O)[O-])c1ccc(C)cc1. The van der Waals surface area contributed by atoms with Gasteiger partial charge in [0.25, 0.3) is 0 Å². The van der Waals surface area contributed by atoms with Crippen LogP contribution in [-0.4, -0.2) is 28.8 Å². The van der Waals surface area contributed by atoms with Crippen LogP contribution in [0.4, 0.5) is 0 Å². The first kappa shape index (κ1) is 21.1. The maximum atomic E-state index is 13.0. The molecule has 30 heavy (non-hydrogen) atoms. The summed E-state index contributed by atoms with van der Waals surface area (Å²) in [6.07, 6.45) is 1.71. The van der Waals surface area contributed by atoms with Gasteiger partial charge in [-0.1, -0.05) is 48.0 Å². The Labute approximate surface area is 174 Å². The van der Waals surface area contributed by atoms with Crippen LogP contribution >= 0.6 is 0 Å². The number of carboxylic acid groups (broad SMARTS) is 1. The number of amides is 2. The van der Waals surface area contributed by atoms with Crippen molar-refractivity contribution in [1.82, 2.24) is 15.6 Å². The number of H-pyrrole nitrogens is 1. The monoisotopic (exact) mass is 406 g/mol. The predicted octanol–water partition coefficient (Wildman–Crippen LogP) is 1.52. The first-order valence-corrected chi connectivity index (χ1v) is 9.72. The lowest BCUT2D eigenvalue weighted by molar-refractivity contribution is -0.306.